The lowest BCUT2D eigenvalue weighted by atomic mass is 9.89. The van der Waals surface area contributed by atoms with Gasteiger partial charge in [0, 0.05) is 0 Å². The van der Waals surface area contributed by atoms with Crippen molar-refractivity contribution in [1.82, 2.24) is 0 Å². The molecule has 1 atom stereocenters. The maximum absolute atomic E-state index is 12.1. The Labute approximate surface area is 117 Å². The molecule has 0 aliphatic heterocycles. The fraction of sp³-hybridized carbons (Fsp3) is 0.833. The van der Waals surface area contributed by atoms with Crippen molar-refractivity contribution in [1.29, 1.82) is 0 Å². The molecule has 0 aliphatic rings. The molecule has 0 heterocycles. The summed E-state index contributed by atoms with van der Waals surface area (Å²) in [6.07, 6.45) is 1.59. The molecular weight excluding hydrogens is 300 g/mol. The van der Waals surface area contributed by atoms with Crippen molar-refractivity contribution in [2.45, 2.75) is 51.2 Å². The van der Waals surface area contributed by atoms with Gasteiger partial charge in [0.05, 0.1) is 5.33 Å². The number of Topliss-reactive ketones (excluding diaryl/α,β-unsaturated/α-hetero) is 1. The van der Waals surface area contributed by atoms with Gasteiger partial charge < -0.3 is 16.2 Å². The van der Waals surface area contributed by atoms with Crippen LogP contribution in [0, 0.1) is 0 Å². The van der Waals surface area contributed by atoms with Crippen LogP contribution in [0.4, 0.5) is 0 Å². The lowest BCUT2D eigenvalue weighted by Crippen LogP contribution is -2.57. The summed E-state index contributed by atoms with van der Waals surface area (Å²) in [5, 5.41) is 0.0331. The molecule has 0 aliphatic carbocycles. The molecule has 0 unspecified atom stereocenters. The predicted octanol–water partition coefficient (Wildman–Crippen LogP) is 1.12. The molecule has 0 radical (unpaired) electrons. The van der Waals surface area contributed by atoms with Crippen molar-refractivity contribution in [3.8, 4) is 0 Å². The highest BCUT2D eigenvalue weighted by molar-refractivity contribution is 9.09. The Morgan fingerprint density at radius 3 is 2.17 bits per heavy atom. The summed E-state index contributed by atoms with van der Waals surface area (Å²) in [6.45, 7) is 5.73. The van der Waals surface area contributed by atoms with E-state index in [1.807, 2.05) is 0 Å². The molecule has 4 N–H and O–H groups in total. The summed E-state index contributed by atoms with van der Waals surface area (Å²) < 4.78 is 5.22. The molecule has 18 heavy (non-hydrogen) atoms. The number of ether oxygens (including phenoxy) is 1. The second kappa shape index (κ2) is 7.21. The highest BCUT2D eigenvalue weighted by Crippen LogP contribution is 2.20. The van der Waals surface area contributed by atoms with E-state index in [1.54, 1.807) is 20.8 Å². The van der Waals surface area contributed by atoms with E-state index < -0.39 is 17.1 Å². The van der Waals surface area contributed by atoms with Crippen molar-refractivity contribution < 1.29 is 14.3 Å². The lowest BCUT2D eigenvalue weighted by molar-refractivity contribution is -0.164. The average molecular weight is 323 g/mol. The minimum absolute atomic E-state index is 0.0331. The number of hydrogen-bond acceptors (Lipinski definition) is 5. The van der Waals surface area contributed by atoms with Gasteiger partial charge in [0.2, 0.25) is 0 Å². The number of rotatable bonds is 7. The standard InChI is InChI=1S/C12H23BrN2O3/c1-11(2,3)18-10(17)12(15,9(16)8-13)6-4-5-7-14/h4-8,14-15H2,1-3H3/t12-/m1/s1. The molecule has 0 spiro atoms. The molecule has 0 aromatic carbocycles. The van der Waals surface area contributed by atoms with Crippen molar-refractivity contribution in [3.63, 3.8) is 0 Å². The average Bonchev–Trinajstić information content (AvgIpc) is 2.25. The highest BCUT2D eigenvalue weighted by Gasteiger charge is 2.43. The van der Waals surface area contributed by atoms with Crippen LogP contribution in [0.5, 0.6) is 0 Å². The first-order valence-electron chi connectivity index (χ1n) is 5.99. The van der Waals surface area contributed by atoms with Crippen molar-refractivity contribution in [3.05, 3.63) is 0 Å². The van der Waals surface area contributed by atoms with E-state index in [1.165, 1.54) is 0 Å². The van der Waals surface area contributed by atoms with Crippen molar-refractivity contribution in [2.24, 2.45) is 11.5 Å². The number of nitrogens with two attached hydrogens (primary N) is 2. The number of esters is 1. The quantitative estimate of drug-likeness (QED) is 0.317. The van der Waals surface area contributed by atoms with Crippen LogP contribution in [0.1, 0.15) is 40.0 Å². The molecule has 106 valence electrons. The smallest absolute Gasteiger partial charge is 0.334 e. The molecule has 0 aromatic rings. The van der Waals surface area contributed by atoms with Crippen LogP contribution in [-0.4, -0.2) is 34.8 Å². The Balaban J connectivity index is 4.86. The Bertz CT molecular complexity index is 302. The molecule has 0 bridgehead atoms. The Morgan fingerprint density at radius 2 is 1.78 bits per heavy atom. The SMILES string of the molecule is CC(C)(C)OC(=O)[C@@](N)(CCCCN)C(=O)CBr. The van der Waals surface area contributed by atoms with Crippen molar-refractivity contribution in [2.75, 3.05) is 11.9 Å². The van der Waals surface area contributed by atoms with E-state index in [4.69, 9.17) is 16.2 Å². The summed E-state index contributed by atoms with van der Waals surface area (Å²) in [4.78, 5) is 23.9. The van der Waals surface area contributed by atoms with Gasteiger partial charge in [-0.1, -0.05) is 15.9 Å². The number of halogens is 1. The first-order chi connectivity index (χ1) is 8.17. The minimum atomic E-state index is -1.58. The lowest BCUT2D eigenvalue weighted by Gasteiger charge is -2.29. The van der Waals surface area contributed by atoms with Crippen LogP contribution >= 0.6 is 15.9 Å². The molecule has 0 amide bonds. The van der Waals surface area contributed by atoms with Crippen LogP contribution in [0.3, 0.4) is 0 Å². The first-order valence-corrected chi connectivity index (χ1v) is 7.11. The van der Waals surface area contributed by atoms with E-state index in [0.29, 0.717) is 13.0 Å². The van der Waals surface area contributed by atoms with E-state index in [9.17, 15) is 9.59 Å². The number of alkyl halides is 1. The van der Waals surface area contributed by atoms with Gasteiger partial charge >= 0.3 is 5.97 Å². The number of ketones is 1. The maximum atomic E-state index is 12.1. The third-order valence-electron chi connectivity index (χ3n) is 2.41. The Morgan fingerprint density at radius 1 is 1.22 bits per heavy atom. The zero-order valence-electron chi connectivity index (χ0n) is 11.3. The summed E-state index contributed by atoms with van der Waals surface area (Å²) in [5.74, 6) is -1.04. The van der Waals surface area contributed by atoms with E-state index in [0.717, 1.165) is 6.42 Å². The molecular formula is C12H23BrN2O3. The molecule has 0 saturated carbocycles. The zero-order valence-corrected chi connectivity index (χ0v) is 12.9. The molecule has 6 heteroatoms. The second-order valence-electron chi connectivity index (χ2n) is 5.28. The van der Waals surface area contributed by atoms with Crippen LogP contribution in [-0.2, 0) is 14.3 Å². The molecule has 0 rings (SSSR count). The number of unbranched alkanes of at least 4 members (excludes halogenated alkanes) is 1. The van der Waals surface area contributed by atoms with Gasteiger partial charge in [0.25, 0.3) is 0 Å². The largest absolute Gasteiger partial charge is 0.458 e. The fourth-order valence-corrected chi connectivity index (χ4v) is 1.89. The zero-order chi connectivity index (χ0) is 14.4. The predicted molar refractivity (Wildman–Crippen MR) is 74.5 cm³/mol. The monoisotopic (exact) mass is 322 g/mol. The van der Waals surface area contributed by atoms with E-state index in [-0.39, 0.29) is 17.5 Å². The van der Waals surface area contributed by atoms with Gasteiger partial charge in [-0.25, -0.2) is 4.79 Å². The maximum Gasteiger partial charge on any atom is 0.334 e. The normalized spacial score (nSPS) is 15.0. The summed E-state index contributed by atoms with van der Waals surface area (Å²) in [7, 11) is 0. The Hall–Kier alpha value is -0.460. The number of hydrogen-bond donors (Lipinski definition) is 2. The first kappa shape index (κ1) is 17.5. The van der Waals surface area contributed by atoms with Crippen LogP contribution in [0.2, 0.25) is 0 Å². The summed E-state index contributed by atoms with van der Waals surface area (Å²) in [6, 6.07) is 0. The third-order valence-corrected chi connectivity index (χ3v) is 2.92. The highest BCUT2D eigenvalue weighted by atomic mass is 79.9. The van der Waals surface area contributed by atoms with Crippen LogP contribution in [0.25, 0.3) is 0 Å². The van der Waals surface area contributed by atoms with Gasteiger partial charge in [-0.15, -0.1) is 0 Å². The van der Waals surface area contributed by atoms with Crippen LogP contribution < -0.4 is 11.5 Å². The van der Waals surface area contributed by atoms with E-state index in [2.05, 4.69) is 15.9 Å². The topological polar surface area (TPSA) is 95.4 Å². The van der Waals surface area contributed by atoms with Crippen molar-refractivity contribution >= 4 is 27.7 Å². The van der Waals surface area contributed by atoms with E-state index >= 15 is 0 Å². The molecule has 0 aromatic heterocycles. The third kappa shape index (κ3) is 5.46. The molecule has 0 saturated heterocycles. The minimum Gasteiger partial charge on any atom is -0.458 e. The summed E-state index contributed by atoms with van der Waals surface area (Å²) in [5.41, 5.74) is 9.10. The van der Waals surface area contributed by atoms with Gasteiger partial charge in [0.15, 0.2) is 11.3 Å². The van der Waals surface area contributed by atoms with Gasteiger partial charge in [-0.05, 0) is 46.6 Å². The van der Waals surface area contributed by atoms with Gasteiger partial charge in [-0.2, -0.15) is 0 Å². The fourth-order valence-electron chi connectivity index (χ4n) is 1.39. The second-order valence-corrected chi connectivity index (χ2v) is 5.84. The van der Waals surface area contributed by atoms with Gasteiger partial charge in [0.1, 0.15) is 5.60 Å². The molecule has 5 nitrogen and oxygen atoms in total. The Kier molecular flexibility index (Phi) is 7.02. The van der Waals surface area contributed by atoms with Gasteiger partial charge in [-0.3, -0.25) is 4.79 Å². The number of carbonyl (C=O) groups is 2. The molecule has 0 fully saturated rings. The number of carbonyl (C=O) groups excluding carboxylic acids is 2. The van der Waals surface area contributed by atoms with Crippen LogP contribution in [0.15, 0.2) is 0 Å². The summed E-state index contributed by atoms with van der Waals surface area (Å²) >= 11 is 3.05.